The maximum atomic E-state index is 12.9. The van der Waals surface area contributed by atoms with Crippen molar-refractivity contribution in [1.29, 1.82) is 0 Å². The standard InChI is InChI=1S/C25H44N4O11S/c1-7-8-9-10-14-36-21(31)25(5,6)17-38-41(34,35)40-29-18-11-12-19(28(16-18)23(29)33)20(30)27-37-15-13-26-22(32)39-24(2,3)4/h18-19H,7-17H2,1-6H3,(H,26,32)(H,27,30). The summed E-state index contributed by atoms with van der Waals surface area (Å²) in [6.45, 7) is 9.96. The van der Waals surface area contributed by atoms with Crippen LogP contribution in [0, 0.1) is 5.41 Å². The summed E-state index contributed by atoms with van der Waals surface area (Å²) in [5.74, 6) is -1.22. The number of unbranched alkanes of at least 4 members (excludes halogenated alkanes) is 3. The summed E-state index contributed by atoms with van der Waals surface area (Å²) < 4.78 is 45.2. The van der Waals surface area contributed by atoms with Crippen LogP contribution in [0.15, 0.2) is 0 Å². The fourth-order valence-electron chi connectivity index (χ4n) is 4.00. The van der Waals surface area contributed by atoms with Gasteiger partial charge in [0.15, 0.2) is 0 Å². The predicted molar refractivity (Wildman–Crippen MR) is 144 cm³/mol. The lowest BCUT2D eigenvalue weighted by atomic mass is 9.95. The van der Waals surface area contributed by atoms with E-state index in [4.69, 9.17) is 22.8 Å². The summed E-state index contributed by atoms with van der Waals surface area (Å²) in [4.78, 5) is 55.8. The number of carbonyl (C=O) groups is 4. The fourth-order valence-corrected chi connectivity index (χ4v) is 4.86. The van der Waals surface area contributed by atoms with Crippen molar-refractivity contribution in [3.63, 3.8) is 0 Å². The van der Waals surface area contributed by atoms with Crippen molar-refractivity contribution in [1.82, 2.24) is 20.8 Å². The van der Waals surface area contributed by atoms with Gasteiger partial charge >= 0.3 is 28.5 Å². The zero-order valence-electron chi connectivity index (χ0n) is 24.7. The van der Waals surface area contributed by atoms with Gasteiger partial charge < -0.3 is 19.7 Å². The number of rotatable bonds is 16. The quantitative estimate of drug-likeness (QED) is 0.149. The molecule has 2 aliphatic heterocycles. The Hall–Kier alpha value is -2.69. The van der Waals surface area contributed by atoms with Gasteiger partial charge in [-0.25, -0.2) is 19.3 Å². The Bertz CT molecular complexity index is 1030. The molecule has 0 saturated carbocycles. The van der Waals surface area contributed by atoms with Crippen LogP contribution in [0.25, 0.3) is 0 Å². The van der Waals surface area contributed by atoms with Crippen molar-refractivity contribution in [2.45, 2.75) is 97.8 Å². The largest absolute Gasteiger partial charge is 0.465 e. The topological polar surface area (TPSA) is 179 Å². The van der Waals surface area contributed by atoms with Crippen molar-refractivity contribution in [3.05, 3.63) is 0 Å². The minimum absolute atomic E-state index is 0.0537. The average Bonchev–Trinajstić information content (AvgIpc) is 3.10. The first-order chi connectivity index (χ1) is 19.1. The van der Waals surface area contributed by atoms with Crippen molar-refractivity contribution in [3.8, 4) is 0 Å². The van der Waals surface area contributed by atoms with Crippen LogP contribution in [0.1, 0.15) is 80.1 Å². The van der Waals surface area contributed by atoms with Gasteiger partial charge in [0.25, 0.3) is 5.91 Å². The zero-order valence-corrected chi connectivity index (χ0v) is 25.5. The molecule has 2 aliphatic rings. The van der Waals surface area contributed by atoms with Gasteiger partial charge in [0.2, 0.25) is 0 Å². The molecule has 2 unspecified atom stereocenters. The van der Waals surface area contributed by atoms with E-state index in [1.807, 2.05) is 0 Å². The Morgan fingerprint density at radius 1 is 1.02 bits per heavy atom. The van der Waals surface area contributed by atoms with Crippen LogP contribution in [-0.2, 0) is 42.8 Å². The van der Waals surface area contributed by atoms with Crippen LogP contribution in [0.5, 0.6) is 0 Å². The highest BCUT2D eigenvalue weighted by Crippen LogP contribution is 2.31. The second kappa shape index (κ2) is 15.0. The molecule has 0 spiro atoms. The van der Waals surface area contributed by atoms with Crippen molar-refractivity contribution >= 4 is 34.4 Å². The summed E-state index contributed by atoms with van der Waals surface area (Å²) in [7, 11) is -4.71. The molecule has 0 aromatic heterocycles. The Morgan fingerprint density at radius 2 is 1.73 bits per heavy atom. The minimum atomic E-state index is -4.71. The first kappa shape index (κ1) is 34.5. The molecule has 2 bridgehead atoms. The van der Waals surface area contributed by atoms with E-state index in [1.165, 1.54) is 18.7 Å². The van der Waals surface area contributed by atoms with Crippen LogP contribution in [0.4, 0.5) is 9.59 Å². The Balaban J connectivity index is 1.80. The Kier molecular flexibility index (Phi) is 12.6. The number of carbonyl (C=O) groups excluding carboxylic acids is 4. The molecule has 0 aliphatic carbocycles. The average molecular weight is 609 g/mol. The number of amides is 4. The molecule has 0 aromatic carbocycles. The first-order valence-corrected chi connectivity index (χ1v) is 15.1. The monoisotopic (exact) mass is 608 g/mol. The van der Waals surface area contributed by atoms with Crippen LogP contribution < -0.4 is 10.8 Å². The Labute approximate surface area is 241 Å². The number of ether oxygens (including phenoxy) is 2. The number of alkyl carbamates (subject to hydrolysis) is 1. The second-order valence-corrected chi connectivity index (χ2v) is 12.8. The lowest BCUT2D eigenvalue weighted by Gasteiger charge is -2.28. The zero-order chi connectivity index (χ0) is 30.8. The third kappa shape index (κ3) is 11.2. The van der Waals surface area contributed by atoms with E-state index in [-0.39, 0.29) is 39.1 Å². The number of fused-ring (bicyclic) bond motifs is 2. The molecule has 2 heterocycles. The van der Waals surface area contributed by atoms with Crippen molar-refractivity contribution in [2.75, 3.05) is 32.9 Å². The number of hydrogen-bond donors (Lipinski definition) is 2. The van der Waals surface area contributed by atoms with Gasteiger partial charge in [-0.05, 0) is 53.9 Å². The molecule has 0 aromatic rings. The normalized spacial score (nSPS) is 19.2. The molecule has 16 heteroatoms. The van der Waals surface area contributed by atoms with Crippen molar-refractivity contribution in [2.24, 2.45) is 5.41 Å². The molecule has 236 valence electrons. The van der Waals surface area contributed by atoms with Gasteiger partial charge in [-0.2, -0.15) is 13.5 Å². The third-order valence-corrected chi connectivity index (χ3v) is 6.94. The second-order valence-electron chi connectivity index (χ2n) is 11.6. The number of piperidine rings is 1. The highest BCUT2D eigenvalue weighted by molar-refractivity contribution is 7.81. The summed E-state index contributed by atoms with van der Waals surface area (Å²) in [5, 5.41) is 3.15. The number of hydrogen-bond acceptors (Lipinski definition) is 11. The van der Waals surface area contributed by atoms with Gasteiger partial charge in [0.05, 0.1) is 31.3 Å². The van der Waals surface area contributed by atoms with Crippen LogP contribution in [0.2, 0.25) is 0 Å². The SMILES string of the molecule is CCCCCCOC(=O)C(C)(C)COS(=O)(=O)ON1C(=O)N2CC1CCC2C(=O)NOCCNC(=O)OC(C)(C)C. The fraction of sp³-hybridized carbons (Fsp3) is 0.840. The lowest BCUT2D eigenvalue weighted by Crippen LogP contribution is -2.50. The van der Waals surface area contributed by atoms with Crippen LogP contribution in [-0.4, -0.2) is 93.0 Å². The summed E-state index contributed by atoms with van der Waals surface area (Å²) in [6.07, 6.45) is 3.60. The van der Waals surface area contributed by atoms with E-state index in [0.29, 0.717) is 11.5 Å². The summed E-state index contributed by atoms with van der Waals surface area (Å²) in [6, 6.07) is -2.36. The molecule has 2 fully saturated rings. The van der Waals surface area contributed by atoms with E-state index in [9.17, 15) is 27.6 Å². The molecule has 4 amide bonds. The number of nitrogens with one attached hydrogen (secondary N) is 2. The number of esters is 1. The molecule has 2 saturated heterocycles. The number of urea groups is 1. The molecule has 15 nitrogen and oxygen atoms in total. The highest BCUT2D eigenvalue weighted by Gasteiger charge is 2.50. The molecular weight excluding hydrogens is 564 g/mol. The van der Waals surface area contributed by atoms with Gasteiger partial charge in [0.1, 0.15) is 11.6 Å². The van der Waals surface area contributed by atoms with Crippen LogP contribution in [0.3, 0.4) is 0 Å². The van der Waals surface area contributed by atoms with E-state index < -0.39 is 64.1 Å². The smallest absolute Gasteiger partial charge is 0.421 e. The third-order valence-electron chi connectivity index (χ3n) is 6.19. The Morgan fingerprint density at radius 3 is 2.39 bits per heavy atom. The molecule has 2 N–H and O–H groups in total. The summed E-state index contributed by atoms with van der Waals surface area (Å²) >= 11 is 0. The molecular formula is C25H44N4O11S. The predicted octanol–water partition coefficient (Wildman–Crippen LogP) is 2.17. The van der Waals surface area contributed by atoms with Gasteiger partial charge in [-0.15, -0.1) is 4.28 Å². The van der Waals surface area contributed by atoms with Gasteiger partial charge in [-0.3, -0.25) is 14.4 Å². The molecule has 2 rings (SSSR count). The van der Waals surface area contributed by atoms with E-state index >= 15 is 0 Å². The van der Waals surface area contributed by atoms with E-state index in [1.54, 1.807) is 20.8 Å². The maximum Gasteiger partial charge on any atom is 0.421 e. The minimum Gasteiger partial charge on any atom is -0.465 e. The number of hydroxylamine groups is 3. The first-order valence-electron chi connectivity index (χ1n) is 13.8. The van der Waals surface area contributed by atoms with Crippen LogP contribution >= 0.6 is 0 Å². The lowest BCUT2D eigenvalue weighted by molar-refractivity contribution is -0.156. The molecule has 41 heavy (non-hydrogen) atoms. The molecule has 2 atom stereocenters. The molecule has 0 radical (unpaired) electrons. The maximum absolute atomic E-state index is 12.9. The van der Waals surface area contributed by atoms with E-state index in [2.05, 4.69) is 17.7 Å². The number of nitrogens with zero attached hydrogens (tertiary/aromatic N) is 2. The van der Waals surface area contributed by atoms with Crippen molar-refractivity contribution < 1.29 is 50.4 Å². The van der Waals surface area contributed by atoms with E-state index in [0.717, 1.165) is 19.3 Å². The van der Waals surface area contributed by atoms with Gasteiger partial charge in [-0.1, -0.05) is 26.2 Å². The summed E-state index contributed by atoms with van der Waals surface area (Å²) in [5.41, 5.74) is 0.313. The highest BCUT2D eigenvalue weighted by atomic mass is 32.3. The van der Waals surface area contributed by atoms with Gasteiger partial charge in [0, 0.05) is 13.1 Å².